The normalized spacial score (nSPS) is 26.1. The second-order valence-corrected chi connectivity index (χ2v) is 16.2. The van der Waals surface area contributed by atoms with Crippen molar-refractivity contribution in [1.82, 2.24) is 10.6 Å². The minimum atomic E-state index is 0.124. The number of dihydropyridines is 1. The van der Waals surface area contributed by atoms with Crippen LogP contribution >= 0.6 is 0 Å². The van der Waals surface area contributed by atoms with E-state index in [1.54, 1.807) is 5.57 Å². The maximum absolute atomic E-state index is 6.33. The molecule has 0 saturated carbocycles. The van der Waals surface area contributed by atoms with Crippen molar-refractivity contribution in [2.45, 2.75) is 71.4 Å². The van der Waals surface area contributed by atoms with Gasteiger partial charge in [0.2, 0.25) is 0 Å². The number of fused-ring (bicyclic) bond motifs is 2. The molecule has 0 amide bonds. The van der Waals surface area contributed by atoms with Crippen LogP contribution in [-0.4, -0.2) is 25.2 Å². The Morgan fingerprint density at radius 3 is 2.55 bits per heavy atom. The van der Waals surface area contributed by atoms with Crippen LogP contribution in [0.2, 0.25) is 0 Å². The third kappa shape index (κ3) is 8.43. The lowest BCUT2D eigenvalue weighted by Crippen LogP contribution is -2.37. The first kappa shape index (κ1) is 39.3. The topological polar surface area (TPSA) is 76.1 Å². The van der Waals surface area contributed by atoms with Gasteiger partial charge in [-0.15, -0.1) is 0 Å². The summed E-state index contributed by atoms with van der Waals surface area (Å²) in [5.74, 6) is 1.84. The second kappa shape index (κ2) is 18.4. The highest BCUT2D eigenvalue weighted by Gasteiger charge is 2.30. The summed E-state index contributed by atoms with van der Waals surface area (Å²) in [6.45, 7) is 12.0. The summed E-state index contributed by atoms with van der Waals surface area (Å²) in [5, 5.41) is 10.4. The Labute approximate surface area is 336 Å². The summed E-state index contributed by atoms with van der Waals surface area (Å²) in [7, 11) is 0. The fraction of sp³-hybridized carbons (Fsp3) is 0.346. The number of allylic oxidation sites excluding steroid dienone is 18. The predicted octanol–water partition coefficient (Wildman–Crippen LogP) is 8.75. The van der Waals surface area contributed by atoms with Gasteiger partial charge in [-0.2, -0.15) is 0 Å². The highest BCUT2D eigenvalue weighted by molar-refractivity contribution is 5.73. The first-order valence-corrected chi connectivity index (χ1v) is 21.1. The Morgan fingerprint density at radius 1 is 0.982 bits per heavy atom. The van der Waals surface area contributed by atoms with E-state index in [2.05, 4.69) is 166 Å². The second-order valence-electron chi connectivity index (χ2n) is 16.2. The van der Waals surface area contributed by atoms with Crippen molar-refractivity contribution < 1.29 is 0 Å². The fourth-order valence-electron chi connectivity index (χ4n) is 9.70. The molecule has 1 aromatic rings. The lowest BCUT2D eigenvalue weighted by atomic mass is 9.72. The summed E-state index contributed by atoms with van der Waals surface area (Å²) in [6.07, 6.45) is 47.1. The average Bonchev–Trinajstić information content (AvgIpc) is 3.24. The number of benzene rings is 1. The van der Waals surface area contributed by atoms with E-state index in [0.717, 1.165) is 38.5 Å². The van der Waals surface area contributed by atoms with E-state index in [9.17, 15) is 0 Å². The molecule has 6 aliphatic rings. The zero-order valence-corrected chi connectivity index (χ0v) is 33.8. The van der Waals surface area contributed by atoms with Crippen LogP contribution < -0.4 is 32.5 Å². The minimum absolute atomic E-state index is 0.124. The van der Waals surface area contributed by atoms with Gasteiger partial charge in [0.25, 0.3) is 0 Å². The number of nitrogens with two attached hydrogens (primary N) is 2. The van der Waals surface area contributed by atoms with Crippen molar-refractivity contribution in [3.63, 3.8) is 0 Å². The van der Waals surface area contributed by atoms with Crippen molar-refractivity contribution in [2.24, 2.45) is 41.1 Å². The third-order valence-electron chi connectivity index (χ3n) is 12.7. The molecule has 7 rings (SSSR count). The van der Waals surface area contributed by atoms with Crippen LogP contribution in [0, 0.1) is 29.6 Å². The Hall–Kier alpha value is -4.90. The number of hydrogen-bond acceptors (Lipinski definition) is 4. The van der Waals surface area contributed by atoms with E-state index < -0.39 is 0 Å². The molecule has 0 aromatic heterocycles. The smallest absolute Gasteiger partial charge is 0.0517 e. The first-order valence-electron chi connectivity index (χ1n) is 21.1. The molecule has 7 atom stereocenters. The van der Waals surface area contributed by atoms with Crippen molar-refractivity contribution in [3.8, 4) is 0 Å². The standard InChI is InChI=1S/C52H62N4/c1-5-13-39(32-53)45-28-29-51(50-20-12-11-18-48(45)50)44(36(4)56-42-24-22-37-15-7-8-16-38(37)31-42)25-21-35(3)43-26-27-46(49-19-10-9-17-47(43)49)41-23-30-52(55-34-41)40(33-54)14-6-2/h5-10,12-17,19-20,22-25,29-31,34-38,40,45,52,55-56H,1,11,18,21,26-28,32-33,53-54H2,2-4H3/b14-6-,39-13+,44-25+/t35?,36?,37-,38?,40?,45?,52?/m1/s1. The molecule has 56 heavy (non-hydrogen) atoms. The quantitative estimate of drug-likeness (QED) is 0.114. The molecule has 5 aliphatic carbocycles. The molecular formula is C52H62N4. The SMILES string of the molecule is C=C/C=C(\CN)C1CC=C(/C(=C/CC(C)C2=c3ccccc3=C(C3=CNC(C(/C=C\C)CN)C=C3)CC2)C(C)NC2=CC3C=CC=C[C@@H]3C=C2)C2=C1CCC=C2. The zero-order chi connectivity index (χ0) is 39.0. The summed E-state index contributed by atoms with van der Waals surface area (Å²) in [4.78, 5) is 0. The van der Waals surface area contributed by atoms with E-state index in [1.807, 2.05) is 6.08 Å². The van der Waals surface area contributed by atoms with E-state index in [-0.39, 0.29) is 18.0 Å². The van der Waals surface area contributed by atoms with Gasteiger partial charge < -0.3 is 22.1 Å². The Morgan fingerprint density at radius 2 is 1.80 bits per heavy atom. The van der Waals surface area contributed by atoms with Gasteiger partial charge >= 0.3 is 0 Å². The van der Waals surface area contributed by atoms with Crippen LogP contribution in [0.5, 0.6) is 0 Å². The van der Waals surface area contributed by atoms with Gasteiger partial charge in [-0.1, -0.05) is 146 Å². The lowest BCUT2D eigenvalue weighted by Gasteiger charge is -2.34. The molecule has 6 N–H and O–H groups in total. The Bertz CT molecular complexity index is 2170. The van der Waals surface area contributed by atoms with Crippen molar-refractivity contribution in [2.75, 3.05) is 13.1 Å². The maximum atomic E-state index is 6.33. The van der Waals surface area contributed by atoms with E-state index in [4.69, 9.17) is 11.5 Å². The fourth-order valence-corrected chi connectivity index (χ4v) is 9.70. The van der Waals surface area contributed by atoms with Gasteiger partial charge in [-0.05, 0) is 108 Å². The van der Waals surface area contributed by atoms with Crippen LogP contribution in [0.25, 0.3) is 11.1 Å². The molecular weight excluding hydrogens is 681 g/mol. The number of nitrogens with one attached hydrogen (secondary N) is 2. The molecule has 1 aliphatic heterocycles. The van der Waals surface area contributed by atoms with E-state index in [0.29, 0.717) is 36.8 Å². The largest absolute Gasteiger partial charge is 0.384 e. The lowest BCUT2D eigenvalue weighted by molar-refractivity contribution is 0.525. The molecule has 0 saturated heterocycles. The molecule has 0 spiro atoms. The van der Waals surface area contributed by atoms with Gasteiger partial charge in [0.15, 0.2) is 0 Å². The van der Waals surface area contributed by atoms with E-state index in [1.165, 1.54) is 55.1 Å². The minimum Gasteiger partial charge on any atom is -0.384 e. The Kier molecular flexibility index (Phi) is 12.9. The zero-order valence-electron chi connectivity index (χ0n) is 33.8. The summed E-state index contributed by atoms with van der Waals surface area (Å²) >= 11 is 0. The summed E-state index contributed by atoms with van der Waals surface area (Å²) in [5.41, 5.74) is 24.9. The first-order chi connectivity index (χ1) is 27.4. The van der Waals surface area contributed by atoms with Crippen LogP contribution in [0.3, 0.4) is 0 Å². The van der Waals surface area contributed by atoms with Crippen LogP contribution in [0.4, 0.5) is 0 Å². The predicted molar refractivity (Wildman–Crippen MR) is 239 cm³/mol. The summed E-state index contributed by atoms with van der Waals surface area (Å²) < 4.78 is 0. The van der Waals surface area contributed by atoms with Gasteiger partial charge in [-0.3, -0.25) is 0 Å². The summed E-state index contributed by atoms with van der Waals surface area (Å²) in [6, 6.07) is 9.41. The molecule has 0 bridgehead atoms. The third-order valence-corrected chi connectivity index (χ3v) is 12.7. The van der Waals surface area contributed by atoms with Crippen molar-refractivity contribution in [3.05, 3.63) is 190 Å². The van der Waals surface area contributed by atoms with Gasteiger partial charge in [-0.25, -0.2) is 0 Å². The average molecular weight is 743 g/mol. The van der Waals surface area contributed by atoms with Gasteiger partial charge in [0.1, 0.15) is 0 Å². The van der Waals surface area contributed by atoms with Crippen LogP contribution in [0.15, 0.2) is 179 Å². The molecule has 4 heteroatoms. The highest BCUT2D eigenvalue weighted by atomic mass is 14.9. The number of hydrogen-bond donors (Lipinski definition) is 4. The van der Waals surface area contributed by atoms with Gasteiger partial charge in [0.05, 0.1) is 6.04 Å². The Balaban J connectivity index is 1.22. The number of rotatable bonds is 14. The molecule has 0 fully saturated rings. The molecule has 1 aromatic carbocycles. The molecule has 290 valence electrons. The van der Waals surface area contributed by atoms with E-state index >= 15 is 0 Å². The van der Waals surface area contributed by atoms with Crippen LogP contribution in [-0.2, 0) is 0 Å². The molecule has 1 heterocycles. The van der Waals surface area contributed by atoms with Crippen molar-refractivity contribution >= 4 is 11.1 Å². The highest BCUT2D eigenvalue weighted by Crippen LogP contribution is 2.43. The monoisotopic (exact) mass is 742 g/mol. The maximum Gasteiger partial charge on any atom is 0.0517 e. The van der Waals surface area contributed by atoms with Crippen molar-refractivity contribution in [1.29, 1.82) is 0 Å². The van der Waals surface area contributed by atoms with Crippen LogP contribution in [0.1, 0.15) is 59.3 Å². The molecule has 6 unspecified atom stereocenters. The van der Waals surface area contributed by atoms with Gasteiger partial charge in [0, 0.05) is 54.7 Å². The molecule has 0 radical (unpaired) electrons. The molecule has 4 nitrogen and oxygen atoms in total.